The Bertz CT molecular complexity index is 1450. The molecule has 0 radical (unpaired) electrons. The van der Waals surface area contributed by atoms with E-state index in [1.165, 1.54) is 4.57 Å². The van der Waals surface area contributed by atoms with Crippen LogP contribution in [0.5, 0.6) is 0 Å². The van der Waals surface area contributed by atoms with Crippen LogP contribution in [0.3, 0.4) is 0 Å². The molecule has 0 atom stereocenters. The molecule has 36 heavy (non-hydrogen) atoms. The summed E-state index contributed by atoms with van der Waals surface area (Å²) in [5.74, 6) is -0.918. The molecule has 0 bridgehead atoms. The Morgan fingerprint density at radius 2 is 1.25 bits per heavy atom. The second-order valence-electron chi connectivity index (χ2n) is 8.59. The van der Waals surface area contributed by atoms with Crippen LogP contribution in [0.25, 0.3) is 12.2 Å². The van der Waals surface area contributed by atoms with Crippen molar-refractivity contribution >= 4 is 18.1 Å². The molecule has 1 heterocycles. The largest absolute Gasteiger partial charge is 0.481 e. The molecule has 1 aromatic heterocycles. The first-order valence-electron chi connectivity index (χ1n) is 11.9. The van der Waals surface area contributed by atoms with Gasteiger partial charge in [0.25, 0.3) is 5.56 Å². The quantitative estimate of drug-likeness (QED) is 0.357. The number of carbonyl (C=O) groups is 1. The van der Waals surface area contributed by atoms with Crippen LogP contribution in [0, 0.1) is 0 Å². The molecule has 0 aliphatic heterocycles. The Morgan fingerprint density at radius 3 is 1.81 bits per heavy atom. The fourth-order valence-corrected chi connectivity index (χ4v) is 4.18. The van der Waals surface area contributed by atoms with E-state index < -0.39 is 11.7 Å². The van der Waals surface area contributed by atoms with E-state index in [4.69, 9.17) is 0 Å². The van der Waals surface area contributed by atoms with Crippen molar-refractivity contribution in [2.24, 2.45) is 0 Å². The second-order valence-corrected chi connectivity index (χ2v) is 8.59. The highest BCUT2D eigenvalue weighted by Crippen LogP contribution is 2.15. The molecule has 3 aromatic carbocycles. The average molecular weight is 481 g/mol. The van der Waals surface area contributed by atoms with Crippen LogP contribution in [0.1, 0.15) is 40.8 Å². The van der Waals surface area contributed by atoms with Gasteiger partial charge in [-0.1, -0.05) is 97.1 Å². The van der Waals surface area contributed by atoms with E-state index >= 15 is 0 Å². The topological polar surface area (TPSA) is 81.3 Å². The smallest absolute Gasteiger partial charge is 0.332 e. The van der Waals surface area contributed by atoms with E-state index in [1.807, 2.05) is 97.1 Å². The molecule has 0 spiro atoms. The number of hydrogen-bond acceptors (Lipinski definition) is 3. The molecule has 0 amide bonds. The summed E-state index contributed by atoms with van der Waals surface area (Å²) < 4.78 is 2.88. The van der Waals surface area contributed by atoms with Crippen molar-refractivity contribution in [2.75, 3.05) is 0 Å². The molecule has 0 fully saturated rings. The van der Waals surface area contributed by atoms with Crippen LogP contribution in [0.15, 0.2) is 101 Å². The van der Waals surface area contributed by atoms with Gasteiger partial charge in [0.2, 0.25) is 0 Å². The van der Waals surface area contributed by atoms with Gasteiger partial charge in [0.05, 0.1) is 18.8 Å². The number of nitrogens with zero attached hydrogens (tertiary/aromatic N) is 2. The monoisotopic (exact) mass is 480 g/mol. The van der Waals surface area contributed by atoms with Gasteiger partial charge in [0, 0.05) is 12.0 Å². The predicted octanol–water partition coefficient (Wildman–Crippen LogP) is 4.68. The number of aliphatic carboxylic acids is 1. The van der Waals surface area contributed by atoms with Crippen LogP contribution in [0.2, 0.25) is 0 Å². The van der Waals surface area contributed by atoms with Crippen molar-refractivity contribution in [1.29, 1.82) is 0 Å². The molecule has 0 saturated heterocycles. The molecule has 0 unspecified atom stereocenters. The lowest BCUT2D eigenvalue weighted by Crippen LogP contribution is -2.43. The number of rotatable bonds is 10. The Balaban J connectivity index is 1.90. The molecule has 6 heteroatoms. The Hall–Kier alpha value is -4.45. The molecule has 0 aliphatic rings. The highest BCUT2D eigenvalue weighted by molar-refractivity contribution is 5.70. The fraction of sp³-hybridized carbons (Fsp3) is 0.167. The molecule has 182 valence electrons. The fourth-order valence-electron chi connectivity index (χ4n) is 4.18. The molecular formula is C30H28N2O4. The van der Waals surface area contributed by atoms with E-state index in [0.29, 0.717) is 17.7 Å². The van der Waals surface area contributed by atoms with Gasteiger partial charge in [-0.2, -0.15) is 0 Å². The van der Waals surface area contributed by atoms with Gasteiger partial charge in [-0.3, -0.25) is 18.7 Å². The highest BCUT2D eigenvalue weighted by atomic mass is 16.4. The van der Waals surface area contributed by atoms with Gasteiger partial charge in [-0.05, 0) is 35.6 Å². The van der Waals surface area contributed by atoms with Gasteiger partial charge >= 0.3 is 11.7 Å². The van der Waals surface area contributed by atoms with Crippen LogP contribution in [0.4, 0.5) is 0 Å². The summed E-state index contributed by atoms with van der Waals surface area (Å²) in [6, 6.07) is 28.6. The van der Waals surface area contributed by atoms with Gasteiger partial charge in [-0.25, -0.2) is 4.79 Å². The minimum atomic E-state index is -0.918. The maximum absolute atomic E-state index is 13.8. The van der Waals surface area contributed by atoms with Crippen molar-refractivity contribution < 1.29 is 9.90 Å². The molecule has 6 nitrogen and oxygen atoms in total. The Morgan fingerprint density at radius 1 is 0.722 bits per heavy atom. The summed E-state index contributed by atoms with van der Waals surface area (Å²) in [5.41, 5.74) is 2.86. The van der Waals surface area contributed by atoms with Gasteiger partial charge in [0.15, 0.2) is 0 Å². The zero-order chi connectivity index (χ0) is 25.3. The molecule has 0 saturated carbocycles. The summed E-state index contributed by atoms with van der Waals surface area (Å²) in [6.07, 6.45) is 4.16. The average Bonchev–Trinajstić information content (AvgIpc) is 2.90. The van der Waals surface area contributed by atoms with E-state index in [1.54, 1.807) is 10.6 Å². The normalized spacial score (nSPS) is 11.1. The number of hydrogen-bond donors (Lipinski definition) is 1. The summed E-state index contributed by atoms with van der Waals surface area (Å²) in [7, 11) is 0. The van der Waals surface area contributed by atoms with Crippen LogP contribution in [-0.4, -0.2) is 20.2 Å². The van der Waals surface area contributed by atoms with E-state index in [0.717, 1.165) is 16.7 Å². The molecule has 4 rings (SSSR count). The van der Waals surface area contributed by atoms with E-state index in [-0.39, 0.29) is 31.5 Å². The predicted molar refractivity (Wildman–Crippen MR) is 142 cm³/mol. The third kappa shape index (κ3) is 6.16. The first kappa shape index (κ1) is 24.7. The summed E-state index contributed by atoms with van der Waals surface area (Å²) in [4.78, 5) is 38.6. The minimum absolute atomic E-state index is 0.0578. The second kappa shape index (κ2) is 11.8. The molecule has 1 N–H and O–H groups in total. The van der Waals surface area contributed by atoms with Gasteiger partial charge in [-0.15, -0.1) is 0 Å². The molecular weight excluding hydrogens is 452 g/mol. The maximum atomic E-state index is 13.8. The lowest BCUT2D eigenvalue weighted by Gasteiger charge is -2.18. The first-order valence-corrected chi connectivity index (χ1v) is 11.9. The van der Waals surface area contributed by atoms with E-state index in [2.05, 4.69) is 0 Å². The Labute approximate surface area is 209 Å². The summed E-state index contributed by atoms with van der Waals surface area (Å²) >= 11 is 0. The SMILES string of the molecule is O=C(O)CCCc1c(/C=C/c2ccccc2)n(Cc2ccccc2)c(=O)n(Cc2ccccc2)c1=O. The van der Waals surface area contributed by atoms with Crippen molar-refractivity contribution in [1.82, 2.24) is 9.13 Å². The number of aromatic nitrogens is 2. The van der Waals surface area contributed by atoms with Crippen LogP contribution < -0.4 is 11.2 Å². The number of carboxylic acids is 1. The summed E-state index contributed by atoms with van der Waals surface area (Å²) in [6.45, 7) is 0.428. The van der Waals surface area contributed by atoms with Crippen molar-refractivity contribution in [3.05, 3.63) is 140 Å². The molecule has 0 aliphatic carbocycles. The maximum Gasteiger partial charge on any atom is 0.332 e. The first-order chi connectivity index (χ1) is 17.5. The standard InChI is InChI=1S/C30H28N2O4/c33-28(34)18-10-17-26-27(20-19-23-11-4-1-5-12-23)31(21-24-13-6-2-7-14-24)30(36)32(29(26)35)22-25-15-8-3-9-16-25/h1-9,11-16,19-20H,10,17-18,21-22H2,(H,33,34)/b20-19+. The zero-order valence-electron chi connectivity index (χ0n) is 19.9. The van der Waals surface area contributed by atoms with Gasteiger partial charge in [0.1, 0.15) is 0 Å². The van der Waals surface area contributed by atoms with E-state index in [9.17, 15) is 19.5 Å². The lowest BCUT2D eigenvalue weighted by molar-refractivity contribution is -0.137. The van der Waals surface area contributed by atoms with Crippen molar-refractivity contribution in [3.63, 3.8) is 0 Å². The van der Waals surface area contributed by atoms with Gasteiger partial charge < -0.3 is 5.11 Å². The van der Waals surface area contributed by atoms with Crippen LogP contribution in [-0.2, 0) is 24.3 Å². The van der Waals surface area contributed by atoms with Crippen molar-refractivity contribution in [3.8, 4) is 0 Å². The highest BCUT2D eigenvalue weighted by Gasteiger charge is 2.18. The number of benzene rings is 3. The summed E-state index contributed by atoms with van der Waals surface area (Å²) in [5, 5.41) is 9.17. The zero-order valence-corrected chi connectivity index (χ0v) is 19.9. The Kier molecular flexibility index (Phi) is 8.08. The third-order valence-corrected chi connectivity index (χ3v) is 5.98. The third-order valence-electron chi connectivity index (χ3n) is 5.98. The minimum Gasteiger partial charge on any atom is -0.481 e. The van der Waals surface area contributed by atoms with Crippen molar-refractivity contribution in [2.45, 2.75) is 32.4 Å². The molecule has 4 aromatic rings. The lowest BCUT2D eigenvalue weighted by atomic mass is 10.0. The number of carboxylic acid groups (broad SMARTS) is 1. The van der Waals surface area contributed by atoms with Crippen LogP contribution >= 0.6 is 0 Å².